The summed E-state index contributed by atoms with van der Waals surface area (Å²) in [7, 11) is -1.62. The summed E-state index contributed by atoms with van der Waals surface area (Å²) in [5.74, 6) is 1.19. The van der Waals surface area contributed by atoms with E-state index in [1.165, 1.54) is 5.98 Å². The number of nitrogens with zero attached hydrogens (tertiary/aromatic N) is 1. The van der Waals surface area contributed by atoms with Crippen molar-refractivity contribution in [3.63, 3.8) is 0 Å². The van der Waals surface area contributed by atoms with Gasteiger partial charge in [0.15, 0.2) is 0 Å². The lowest BCUT2D eigenvalue weighted by atomic mass is 9.59. The number of amides is 1. The van der Waals surface area contributed by atoms with E-state index in [0.29, 0.717) is 18.4 Å². The summed E-state index contributed by atoms with van der Waals surface area (Å²) in [6, 6.07) is 0. The van der Waals surface area contributed by atoms with Gasteiger partial charge in [-0.15, -0.1) is 0 Å². The Morgan fingerprint density at radius 3 is 2.04 bits per heavy atom. The third-order valence-electron chi connectivity index (χ3n) is 3.71. The maximum atomic E-state index is 12.3. The van der Waals surface area contributed by atoms with Gasteiger partial charge in [-0.1, -0.05) is 11.5 Å². The van der Waals surface area contributed by atoms with Crippen LogP contribution in [0.3, 0.4) is 0 Å². The number of alkyl halides is 6. The molecule has 0 bridgehead atoms. The van der Waals surface area contributed by atoms with E-state index < -0.39 is 37.1 Å². The molecule has 12 heteroatoms. The standard InChI is InChI=1S/C11H12BF6NO4/c13-10(14,15)7(11(16,17)18)23-8(20)19-4-9(5-19)1-6(2-9)3-12(21)22/h3,7,21-22H,1-2,4-5H2. The Labute approximate surface area is 126 Å². The van der Waals surface area contributed by atoms with Crippen molar-refractivity contribution < 1.29 is 45.9 Å². The number of halogens is 6. The molecule has 1 aliphatic heterocycles. The summed E-state index contributed by atoms with van der Waals surface area (Å²) >= 11 is 0. The predicted molar refractivity (Wildman–Crippen MR) is 63.9 cm³/mol. The van der Waals surface area contributed by atoms with Crippen LogP contribution < -0.4 is 0 Å². The number of carbonyl (C=O) groups excluding carboxylic acids is 1. The highest BCUT2D eigenvalue weighted by Gasteiger charge is 2.61. The fourth-order valence-electron chi connectivity index (χ4n) is 2.85. The van der Waals surface area contributed by atoms with Crippen LogP contribution in [0.25, 0.3) is 0 Å². The van der Waals surface area contributed by atoms with Gasteiger partial charge < -0.3 is 19.7 Å². The van der Waals surface area contributed by atoms with Gasteiger partial charge in [0.1, 0.15) is 0 Å². The van der Waals surface area contributed by atoms with Gasteiger partial charge in [0.2, 0.25) is 0 Å². The molecule has 0 aromatic heterocycles. The molecule has 1 heterocycles. The van der Waals surface area contributed by atoms with Crippen LogP contribution >= 0.6 is 0 Å². The molecule has 1 aliphatic carbocycles. The summed E-state index contributed by atoms with van der Waals surface area (Å²) < 4.78 is 77.3. The first-order chi connectivity index (χ1) is 10.3. The molecule has 1 saturated heterocycles. The maximum Gasteiger partial charge on any atom is 0.480 e. The highest BCUT2D eigenvalue weighted by Crippen LogP contribution is 2.51. The van der Waals surface area contributed by atoms with E-state index in [1.54, 1.807) is 0 Å². The number of hydrogen-bond acceptors (Lipinski definition) is 4. The summed E-state index contributed by atoms with van der Waals surface area (Å²) in [5.41, 5.74) is 0.280. The summed E-state index contributed by atoms with van der Waals surface area (Å²) in [5, 5.41) is 17.4. The number of likely N-dealkylation sites (tertiary alicyclic amines) is 1. The van der Waals surface area contributed by atoms with Crippen LogP contribution in [0, 0.1) is 5.41 Å². The van der Waals surface area contributed by atoms with Crippen LogP contribution in [0.5, 0.6) is 0 Å². The Kier molecular flexibility index (Phi) is 4.35. The van der Waals surface area contributed by atoms with Crippen molar-refractivity contribution in [2.75, 3.05) is 13.1 Å². The van der Waals surface area contributed by atoms with Gasteiger partial charge in [0, 0.05) is 18.5 Å². The molecule has 0 aromatic carbocycles. The Hall–Kier alpha value is -1.43. The van der Waals surface area contributed by atoms with Crippen molar-refractivity contribution in [2.45, 2.75) is 31.3 Å². The summed E-state index contributed by atoms with van der Waals surface area (Å²) in [6.07, 6.45) is -16.5. The zero-order valence-electron chi connectivity index (χ0n) is 11.5. The van der Waals surface area contributed by atoms with Crippen molar-refractivity contribution >= 4 is 13.2 Å². The normalized spacial score (nSPS) is 20.2. The van der Waals surface area contributed by atoms with Gasteiger partial charge in [-0.2, -0.15) is 26.3 Å². The van der Waals surface area contributed by atoms with Gasteiger partial charge in [0.25, 0.3) is 6.10 Å². The van der Waals surface area contributed by atoms with Gasteiger partial charge in [-0.3, -0.25) is 0 Å². The number of rotatable bonds is 2. The SMILES string of the molecule is O=C(OC(C(F)(F)F)C(F)(F)F)N1CC2(CC(=CB(O)O)C2)C1. The monoisotopic (exact) mass is 347 g/mol. The molecular formula is C11H12BF6NO4. The molecule has 1 spiro atoms. The van der Waals surface area contributed by atoms with Gasteiger partial charge in [-0.25, -0.2) is 4.79 Å². The van der Waals surface area contributed by atoms with Crippen molar-refractivity contribution in [1.29, 1.82) is 0 Å². The minimum absolute atomic E-state index is 0.0346. The first-order valence-electron chi connectivity index (χ1n) is 6.47. The maximum absolute atomic E-state index is 12.3. The molecule has 2 N–H and O–H groups in total. The highest BCUT2D eigenvalue weighted by atomic mass is 19.4. The van der Waals surface area contributed by atoms with Crippen LogP contribution in [0.1, 0.15) is 12.8 Å². The molecule has 2 rings (SSSR count). The van der Waals surface area contributed by atoms with Crippen molar-refractivity contribution in [3.05, 3.63) is 11.5 Å². The lowest BCUT2D eigenvalue weighted by molar-refractivity contribution is -0.309. The number of carbonyl (C=O) groups is 1. The molecule has 2 aliphatic rings. The fourth-order valence-corrected chi connectivity index (χ4v) is 2.85. The third-order valence-corrected chi connectivity index (χ3v) is 3.71. The zero-order chi connectivity index (χ0) is 17.6. The van der Waals surface area contributed by atoms with E-state index >= 15 is 0 Å². The first kappa shape index (κ1) is 17.9. The molecule has 23 heavy (non-hydrogen) atoms. The minimum atomic E-state index is -5.74. The third kappa shape index (κ3) is 3.92. The molecule has 2 fully saturated rings. The second kappa shape index (κ2) is 5.58. The molecule has 130 valence electrons. The molecule has 0 radical (unpaired) electrons. The Morgan fingerprint density at radius 1 is 1.17 bits per heavy atom. The van der Waals surface area contributed by atoms with Crippen LogP contribution in [0.2, 0.25) is 0 Å². The van der Waals surface area contributed by atoms with E-state index in [-0.39, 0.29) is 13.1 Å². The minimum Gasteiger partial charge on any atom is -0.426 e. The first-order valence-corrected chi connectivity index (χ1v) is 6.47. The topological polar surface area (TPSA) is 70.0 Å². The predicted octanol–water partition coefficient (Wildman–Crippen LogP) is 1.65. The number of allylic oxidation sites excluding steroid dienone is 1. The van der Waals surface area contributed by atoms with Gasteiger partial charge in [0.05, 0.1) is 0 Å². The van der Waals surface area contributed by atoms with Crippen molar-refractivity contribution in [1.82, 2.24) is 4.90 Å². The molecule has 0 unspecified atom stereocenters. The lowest BCUT2D eigenvalue weighted by Gasteiger charge is -2.56. The van der Waals surface area contributed by atoms with E-state index in [2.05, 4.69) is 4.74 Å². The second-order valence-corrected chi connectivity index (χ2v) is 5.80. The van der Waals surface area contributed by atoms with E-state index in [9.17, 15) is 31.1 Å². The van der Waals surface area contributed by atoms with Gasteiger partial charge >= 0.3 is 25.6 Å². The second-order valence-electron chi connectivity index (χ2n) is 5.80. The Bertz CT molecular complexity index is 488. The molecule has 0 atom stereocenters. The van der Waals surface area contributed by atoms with E-state index in [0.717, 1.165) is 4.90 Å². The Morgan fingerprint density at radius 2 is 1.65 bits per heavy atom. The van der Waals surface area contributed by atoms with Gasteiger partial charge in [-0.05, 0) is 12.8 Å². The quantitative estimate of drug-likeness (QED) is 0.589. The highest BCUT2D eigenvalue weighted by molar-refractivity contribution is 6.47. The number of hydrogen-bond donors (Lipinski definition) is 2. The molecule has 1 saturated carbocycles. The summed E-state index contributed by atoms with van der Waals surface area (Å²) in [4.78, 5) is 12.2. The van der Waals surface area contributed by atoms with Crippen LogP contribution in [0.15, 0.2) is 11.5 Å². The summed E-state index contributed by atoms with van der Waals surface area (Å²) in [6.45, 7) is -0.0692. The van der Waals surface area contributed by atoms with Crippen LogP contribution in [0.4, 0.5) is 31.1 Å². The van der Waals surface area contributed by atoms with E-state index in [1.807, 2.05) is 0 Å². The van der Waals surface area contributed by atoms with Crippen LogP contribution in [-0.4, -0.2) is 59.7 Å². The van der Waals surface area contributed by atoms with Crippen molar-refractivity contribution in [2.24, 2.45) is 5.41 Å². The molecule has 1 amide bonds. The fraction of sp³-hybridized carbons (Fsp3) is 0.727. The smallest absolute Gasteiger partial charge is 0.426 e. The zero-order valence-corrected chi connectivity index (χ0v) is 11.5. The number of ether oxygens (including phenoxy) is 1. The molecule has 5 nitrogen and oxygen atoms in total. The Balaban J connectivity index is 1.88. The van der Waals surface area contributed by atoms with E-state index in [4.69, 9.17) is 10.0 Å². The largest absolute Gasteiger partial charge is 0.480 e. The van der Waals surface area contributed by atoms with Crippen LogP contribution in [-0.2, 0) is 4.74 Å². The average molecular weight is 347 g/mol. The van der Waals surface area contributed by atoms with Crippen molar-refractivity contribution in [3.8, 4) is 0 Å². The molecule has 0 aromatic rings. The lowest BCUT2D eigenvalue weighted by Crippen LogP contribution is -2.63. The molecular weight excluding hydrogens is 335 g/mol. The average Bonchev–Trinajstić information content (AvgIpc) is 2.23.